The van der Waals surface area contributed by atoms with Gasteiger partial charge in [0.2, 0.25) is 0 Å². The smallest absolute Gasteiger partial charge is 0.161 e. The van der Waals surface area contributed by atoms with Gasteiger partial charge in [-0.15, -0.1) is 0 Å². The summed E-state index contributed by atoms with van der Waals surface area (Å²) >= 11 is 0. The van der Waals surface area contributed by atoms with Crippen molar-refractivity contribution in [3.63, 3.8) is 0 Å². The summed E-state index contributed by atoms with van der Waals surface area (Å²) in [5, 5.41) is 0. The Morgan fingerprint density at radius 1 is 0.933 bits per heavy atom. The van der Waals surface area contributed by atoms with Gasteiger partial charge in [0.25, 0.3) is 0 Å². The number of nitrogens with two attached hydrogens (primary N) is 1. The molecule has 0 heterocycles. The largest absolute Gasteiger partial charge is 0.321 e. The third kappa shape index (κ3) is 2.54. The fraction of sp³-hybridized carbons (Fsp3) is 0.852. The van der Waals surface area contributed by atoms with E-state index in [1.54, 1.807) is 0 Å². The van der Waals surface area contributed by atoms with Gasteiger partial charge in [0.05, 0.1) is 0 Å². The second-order valence-electron chi connectivity index (χ2n) is 12.5. The maximum Gasteiger partial charge on any atom is 0.161 e. The lowest BCUT2D eigenvalue weighted by Gasteiger charge is -2.66. The molecule has 166 valence electrons. The van der Waals surface area contributed by atoms with Crippen molar-refractivity contribution in [1.82, 2.24) is 0 Å². The number of Topliss-reactive ketones (excluding diaryl/α,β-unsaturated/α-hetero) is 2. The second-order valence-corrected chi connectivity index (χ2v) is 12.5. The van der Waals surface area contributed by atoms with Crippen molar-refractivity contribution in [1.29, 1.82) is 0 Å². The summed E-state index contributed by atoms with van der Waals surface area (Å²) in [6.45, 7) is 11.7. The SMILES string of the molecule is CC(C)C1=C2C3CCC4C5(C)CCC(=O)C(C)C5CCC4(C)C3CCC2(N)CC1=O. The fourth-order valence-electron chi connectivity index (χ4n) is 9.73. The highest BCUT2D eigenvalue weighted by molar-refractivity contribution is 6.01. The molecule has 0 aromatic rings. The Morgan fingerprint density at radius 3 is 2.30 bits per heavy atom. The zero-order valence-corrected chi connectivity index (χ0v) is 19.7. The standard InChI is InChI=1S/C27H41NO2/c1-15(2)23-21(30)14-27(28)13-9-19-17(24(23)27)6-7-22-25(4)12-10-20(29)16(3)18(25)8-11-26(19,22)5/h15-19,22H,6-14,28H2,1-5H3. The molecule has 2 N–H and O–H groups in total. The Kier molecular flexibility index (Phi) is 4.55. The first-order chi connectivity index (χ1) is 14.0. The van der Waals surface area contributed by atoms with Crippen molar-refractivity contribution in [2.45, 2.75) is 97.9 Å². The molecule has 0 bridgehead atoms. The first-order valence-electron chi connectivity index (χ1n) is 12.6. The fourth-order valence-corrected chi connectivity index (χ4v) is 9.73. The Hall–Kier alpha value is -0.960. The van der Waals surface area contributed by atoms with Crippen molar-refractivity contribution in [2.75, 3.05) is 0 Å². The molecule has 8 unspecified atom stereocenters. The van der Waals surface area contributed by atoms with Gasteiger partial charge in [-0.05, 0) is 96.5 Å². The predicted molar refractivity (Wildman–Crippen MR) is 120 cm³/mol. The van der Waals surface area contributed by atoms with Gasteiger partial charge >= 0.3 is 0 Å². The van der Waals surface area contributed by atoms with Crippen LogP contribution in [0, 0.1) is 46.3 Å². The van der Waals surface area contributed by atoms with E-state index in [-0.39, 0.29) is 17.4 Å². The normalized spacial score (nSPS) is 50.8. The number of rotatable bonds is 1. The summed E-state index contributed by atoms with van der Waals surface area (Å²) in [6, 6.07) is 0. The van der Waals surface area contributed by atoms with Crippen molar-refractivity contribution in [2.24, 2.45) is 52.1 Å². The van der Waals surface area contributed by atoms with E-state index < -0.39 is 0 Å². The topological polar surface area (TPSA) is 60.2 Å². The number of fused-ring (bicyclic) bond motifs is 7. The zero-order valence-electron chi connectivity index (χ0n) is 19.7. The molecule has 4 fully saturated rings. The predicted octanol–water partition coefficient (Wildman–Crippen LogP) is 5.47. The molecule has 30 heavy (non-hydrogen) atoms. The van der Waals surface area contributed by atoms with Gasteiger partial charge in [0, 0.05) is 24.3 Å². The Bertz CT molecular complexity index is 827. The van der Waals surface area contributed by atoms with Gasteiger partial charge < -0.3 is 5.73 Å². The van der Waals surface area contributed by atoms with Crippen LogP contribution in [-0.2, 0) is 9.59 Å². The molecule has 5 rings (SSSR count). The molecule has 0 amide bonds. The number of carbonyl (C=O) groups is 2. The third-order valence-electron chi connectivity index (χ3n) is 11.0. The molecule has 5 aliphatic carbocycles. The lowest BCUT2D eigenvalue weighted by atomic mass is 9.38. The lowest BCUT2D eigenvalue weighted by Crippen LogP contribution is -2.61. The van der Waals surface area contributed by atoms with E-state index in [1.807, 2.05) is 0 Å². The minimum absolute atomic E-state index is 0.233. The molecular weight excluding hydrogens is 370 g/mol. The minimum Gasteiger partial charge on any atom is -0.321 e. The molecular formula is C27H41NO2. The van der Waals surface area contributed by atoms with E-state index in [0.717, 1.165) is 24.8 Å². The number of ketones is 2. The first kappa shape index (κ1) is 20.9. The Balaban J connectivity index is 1.54. The van der Waals surface area contributed by atoms with Crippen molar-refractivity contribution in [3.8, 4) is 0 Å². The van der Waals surface area contributed by atoms with Gasteiger partial charge in [-0.2, -0.15) is 0 Å². The van der Waals surface area contributed by atoms with Gasteiger partial charge in [-0.3, -0.25) is 9.59 Å². The van der Waals surface area contributed by atoms with Crippen LogP contribution in [0.4, 0.5) is 0 Å². The summed E-state index contributed by atoms with van der Waals surface area (Å²) < 4.78 is 0. The van der Waals surface area contributed by atoms with Crippen LogP contribution in [0.5, 0.6) is 0 Å². The van der Waals surface area contributed by atoms with E-state index in [1.165, 1.54) is 37.7 Å². The lowest BCUT2D eigenvalue weighted by molar-refractivity contribution is -0.168. The summed E-state index contributed by atoms with van der Waals surface area (Å²) in [6.07, 6.45) is 9.41. The third-order valence-corrected chi connectivity index (χ3v) is 11.0. The Morgan fingerprint density at radius 2 is 1.60 bits per heavy atom. The van der Waals surface area contributed by atoms with Crippen LogP contribution < -0.4 is 5.73 Å². The molecule has 4 saturated carbocycles. The molecule has 3 nitrogen and oxygen atoms in total. The van der Waals surface area contributed by atoms with Crippen molar-refractivity contribution in [3.05, 3.63) is 11.1 Å². The number of allylic oxidation sites excluding steroid dienone is 1. The van der Waals surface area contributed by atoms with Crippen LogP contribution in [0.15, 0.2) is 11.1 Å². The van der Waals surface area contributed by atoms with Crippen LogP contribution in [0.25, 0.3) is 0 Å². The summed E-state index contributed by atoms with van der Waals surface area (Å²) in [4.78, 5) is 25.5. The molecule has 0 spiro atoms. The second kappa shape index (κ2) is 6.53. The summed E-state index contributed by atoms with van der Waals surface area (Å²) in [5.74, 6) is 3.74. The van der Waals surface area contributed by atoms with E-state index in [2.05, 4.69) is 34.6 Å². The molecule has 0 saturated heterocycles. The number of hydrogen-bond donors (Lipinski definition) is 1. The van der Waals surface area contributed by atoms with Crippen LogP contribution >= 0.6 is 0 Å². The molecule has 0 aliphatic heterocycles. The van der Waals surface area contributed by atoms with E-state index >= 15 is 0 Å². The van der Waals surface area contributed by atoms with Gasteiger partial charge in [-0.25, -0.2) is 0 Å². The highest BCUT2D eigenvalue weighted by atomic mass is 16.1. The van der Waals surface area contributed by atoms with Crippen LogP contribution in [0.2, 0.25) is 0 Å². The van der Waals surface area contributed by atoms with Gasteiger partial charge in [-0.1, -0.05) is 34.6 Å². The highest BCUT2D eigenvalue weighted by Crippen LogP contribution is 2.70. The molecule has 3 heteroatoms. The first-order valence-corrected chi connectivity index (χ1v) is 12.6. The minimum atomic E-state index is -0.367. The quantitative estimate of drug-likeness (QED) is 0.622. The average Bonchev–Trinajstić information content (AvgIpc) is 2.95. The number of hydrogen-bond acceptors (Lipinski definition) is 3. The summed E-state index contributed by atoms with van der Waals surface area (Å²) in [5.41, 5.74) is 9.66. The van der Waals surface area contributed by atoms with Crippen LogP contribution in [0.3, 0.4) is 0 Å². The van der Waals surface area contributed by atoms with Gasteiger partial charge in [0.1, 0.15) is 5.78 Å². The van der Waals surface area contributed by atoms with Gasteiger partial charge in [0.15, 0.2) is 5.78 Å². The molecule has 8 atom stereocenters. The average molecular weight is 412 g/mol. The molecule has 0 aromatic carbocycles. The van der Waals surface area contributed by atoms with Crippen molar-refractivity contribution >= 4 is 11.6 Å². The highest BCUT2D eigenvalue weighted by Gasteiger charge is 2.64. The van der Waals surface area contributed by atoms with Crippen molar-refractivity contribution < 1.29 is 9.59 Å². The monoisotopic (exact) mass is 411 g/mol. The van der Waals surface area contributed by atoms with E-state index in [0.29, 0.717) is 52.5 Å². The van der Waals surface area contributed by atoms with Crippen LogP contribution in [-0.4, -0.2) is 17.1 Å². The maximum atomic E-state index is 13.0. The Labute approximate surface area is 182 Å². The van der Waals surface area contributed by atoms with E-state index in [4.69, 9.17) is 5.73 Å². The maximum absolute atomic E-state index is 13.0. The number of carbonyl (C=O) groups excluding carboxylic acids is 2. The van der Waals surface area contributed by atoms with Crippen LogP contribution in [0.1, 0.15) is 92.4 Å². The molecule has 0 radical (unpaired) electrons. The zero-order chi connectivity index (χ0) is 21.6. The summed E-state index contributed by atoms with van der Waals surface area (Å²) in [7, 11) is 0. The molecule has 5 aliphatic rings. The van der Waals surface area contributed by atoms with E-state index in [9.17, 15) is 9.59 Å². The molecule has 0 aromatic heterocycles.